The monoisotopic (exact) mass is 317 g/mol. The summed E-state index contributed by atoms with van der Waals surface area (Å²) in [6, 6.07) is 3.96. The van der Waals surface area contributed by atoms with Crippen LogP contribution in [-0.2, 0) is 4.79 Å². The van der Waals surface area contributed by atoms with Crippen molar-refractivity contribution < 1.29 is 4.79 Å². The standard InChI is InChI=1S/C13H17BrClNO/c1-8-5-10(14)6-9(2)11(8)16-12(17)13(3,4)7-15/h5-6H,7H2,1-4H3,(H,16,17). The predicted molar refractivity (Wildman–Crippen MR) is 76.7 cm³/mol. The van der Waals surface area contributed by atoms with Gasteiger partial charge in [-0.2, -0.15) is 0 Å². The maximum Gasteiger partial charge on any atom is 0.231 e. The number of alkyl halides is 1. The van der Waals surface area contributed by atoms with E-state index in [2.05, 4.69) is 21.2 Å². The molecule has 0 bridgehead atoms. The normalized spacial score (nSPS) is 11.4. The summed E-state index contributed by atoms with van der Waals surface area (Å²) in [6.45, 7) is 7.61. The molecule has 0 saturated heterocycles. The van der Waals surface area contributed by atoms with Gasteiger partial charge in [0, 0.05) is 16.0 Å². The van der Waals surface area contributed by atoms with Crippen LogP contribution in [-0.4, -0.2) is 11.8 Å². The summed E-state index contributed by atoms with van der Waals surface area (Å²) in [5, 5.41) is 2.95. The van der Waals surface area contributed by atoms with E-state index in [4.69, 9.17) is 11.6 Å². The van der Waals surface area contributed by atoms with Gasteiger partial charge in [-0.05, 0) is 51.0 Å². The third-order valence-electron chi connectivity index (χ3n) is 2.68. The topological polar surface area (TPSA) is 29.1 Å². The molecule has 1 rings (SSSR count). The number of amides is 1. The summed E-state index contributed by atoms with van der Waals surface area (Å²) in [5.74, 6) is 0.244. The molecule has 0 saturated carbocycles. The van der Waals surface area contributed by atoms with Crippen LogP contribution in [0.3, 0.4) is 0 Å². The molecule has 0 aliphatic rings. The molecule has 0 heterocycles. The summed E-state index contributed by atoms with van der Waals surface area (Å²) in [4.78, 5) is 12.0. The molecule has 0 aromatic heterocycles. The van der Waals surface area contributed by atoms with E-state index in [1.807, 2.05) is 39.8 Å². The molecule has 0 fully saturated rings. The summed E-state index contributed by atoms with van der Waals surface area (Å²) < 4.78 is 1.02. The summed E-state index contributed by atoms with van der Waals surface area (Å²) >= 11 is 9.22. The van der Waals surface area contributed by atoms with Crippen molar-refractivity contribution in [3.63, 3.8) is 0 Å². The van der Waals surface area contributed by atoms with Crippen molar-refractivity contribution >= 4 is 39.1 Å². The molecule has 0 aliphatic carbocycles. The Labute approximate surface area is 116 Å². The molecule has 4 heteroatoms. The zero-order valence-corrected chi connectivity index (χ0v) is 12.9. The fourth-order valence-electron chi connectivity index (χ4n) is 1.45. The average molecular weight is 319 g/mol. The predicted octanol–water partition coefficient (Wildman–Crippen LogP) is 4.27. The zero-order valence-electron chi connectivity index (χ0n) is 10.5. The fraction of sp³-hybridized carbons (Fsp3) is 0.462. The van der Waals surface area contributed by atoms with Gasteiger partial charge in [0.1, 0.15) is 0 Å². The maximum absolute atomic E-state index is 12.0. The van der Waals surface area contributed by atoms with E-state index >= 15 is 0 Å². The average Bonchev–Trinajstić information content (AvgIpc) is 2.22. The Bertz CT molecular complexity index is 420. The number of anilines is 1. The van der Waals surface area contributed by atoms with E-state index < -0.39 is 5.41 Å². The van der Waals surface area contributed by atoms with Gasteiger partial charge in [-0.1, -0.05) is 15.9 Å². The van der Waals surface area contributed by atoms with Crippen molar-refractivity contribution in [1.29, 1.82) is 0 Å². The highest BCUT2D eigenvalue weighted by atomic mass is 79.9. The molecule has 1 amide bonds. The minimum atomic E-state index is -0.562. The highest BCUT2D eigenvalue weighted by Gasteiger charge is 2.27. The molecule has 0 radical (unpaired) electrons. The zero-order chi connectivity index (χ0) is 13.2. The first-order valence-corrected chi connectivity index (χ1v) is 6.75. The number of rotatable bonds is 3. The molecule has 1 N–H and O–H groups in total. The van der Waals surface area contributed by atoms with Crippen LogP contribution in [0.1, 0.15) is 25.0 Å². The van der Waals surface area contributed by atoms with E-state index in [1.165, 1.54) is 0 Å². The summed E-state index contributed by atoms with van der Waals surface area (Å²) in [6.07, 6.45) is 0. The van der Waals surface area contributed by atoms with Gasteiger partial charge < -0.3 is 5.32 Å². The smallest absolute Gasteiger partial charge is 0.231 e. The molecular weight excluding hydrogens is 302 g/mol. The van der Waals surface area contributed by atoms with Gasteiger partial charge in [0.25, 0.3) is 0 Å². The van der Waals surface area contributed by atoms with Crippen molar-refractivity contribution in [3.8, 4) is 0 Å². The Morgan fingerprint density at radius 1 is 1.35 bits per heavy atom. The lowest BCUT2D eigenvalue weighted by atomic mass is 9.94. The summed E-state index contributed by atoms with van der Waals surface area (Å²) in [5.41, 5.74) is 2.38. The largest absolute Gasteiger partial charge is 0.325 e. The molecular formula is C13H17BrClNO. The molecule has 2 nitrogen and oxygen atoms in total. The van der Waals surface area contributed by atoms with Crippen LogP contribution >= 0.6 is 27.5 Å². The highest BCUT2D eigenvalue weighted by Crippen LogP contribution is 2.27. The van der Waals surface area contributed by atoms with Crippen LogP contribution in [0, 0.1) is 19.3 Å². The first-order valence-electron chi connectivity index (χ1n) is 5.42. The van der Waals surface area contributed by atoms with Crippen LogP contribution in [0.2, 0.25) is 0 Å². The number of carbonyl (C=O) groups excluding carboxylic acids is 1. The number of carbonyl (C=O) groups is 1. The van der Waals surface area contributed by atoms with Crippen LogP contribution in [0.15, 0.2) is 16.6 Å². The molecule has 0 unspecified atom stereocenters. The molecule has 0 atom stereocenters. The number of hydrogen-bond acceptors (Lipinski definition) is 1. The molecule has 1 aromatic rings. The van der Waals surface area contributed by atoms with Crippen molar-refractivity contribution in [2.24, 2.45) is 5.41 Å². The first kappa shape index (κ1) is 14.5. The minimum Gasteiger partial charge on any atom is -0.325 e. The Hall–Kier alpha value is -0.540. The first-order chi connectivity index (χ1) is 7.77. The van der Waals surface area contributed by atoms with E-state index in [-0.39, 0.29) is 5.91 Å². The highest BCUT2D eigenvalue weighted by molar-refractivity contribution is 9.10. The maximum atomic E-state index is 12.0. The van der Waals surface area contributed by atoms with Crippen LogP contribution in [0.5, 0.6) is 0 Å². The molecule has 94 valence electrons. The molecule has 17 heavy (non-hydrogen) atoms. The minimum absolute atomic E-state index is 0.0546. The molecule has 0 spiro atoms. The van der Waals surface area contributed by atoms with E-state index in [0.29, 0.717) is 5.88 Å². The Kier molecular flexibility index (Phi) is 4.62. The second kappa shape index (κ2) is 5.40. The third kappa shape index (κ3) is 3.46. The van der Waals surface area contributed by atoms with Crippen molar-refractivity contribution in [3.05, 3.63) is 27.7 Å². The van der Waals surface area contributed by atoms with Crippen LogP contribution in [0.25, 0.3) is 0 Å². The lowest BCUT2D eigenvalue weighted by Crippen LogP contribution is -2.32. The number of aryl methyl sites for hydroxylation is 2. The Morgan fingerprint density at radius 3 is 2.24 bits per heavy atom. The van der Waals surface area contributed by atoms with E-state index in [9.17, 15) is 4.79 Å². The van der Waals surface area contributed by atoms with Gasteiger partial charge in [0.2, 0.25) is 5.91 Å². The second-order valence-corrected chi connectivity index (χ2v) is 6.07. The fourth-order valence-corrected chi connectivity index (χ4v) is 2.26. The van der Waals surface area contributed by atoms with Gasteiger partial charge >= 0.3 is 0 Å². The third-order valence-corrected chi connectivity index (χ3v) is 3.81. The number of benzene rings is 1. The quantitative estimate of drug-likeness (QED) is 0.829. The number of nitrogens with one attached hydrogen (secondary N) is 1. The van der Waals surface area contributed by atoms with Crippen molar-refractivity contribution in [2.75, 3.05) is 11.2 Å². The molecule has 1 aromatic carbocycles. The van der Waals surface area contributed by atoms with Gasteiger partial charge in [0.05, 0.1) is 5.41 Å². The SMILES string of the molecule is Cc1cc(Br)cc(C)c1NC(=O)C(C)(C)CCl. The van der Waals surface area contributed by atoms with Gasteiger partial charge in [-0.25, -0.2) is 0 Å². The van der Waals surface area contributed by atoms with Gasteiger partial charge in [0.15, 0.2) is 0 Å². The van der Waals surface area contributed by atoms with E-state index in [1.54, 1.807) is 0 Å². The number of hydrogen-bond donors (Lipinski definition) is 1. The Balaban J connectivity index is 3.01. The van der Waals surface area contributed by atoms with Gasteiger partial charge in [-0.3, -0.25) is 4.79 Å². The van der Waals surface area contributed by atoms with E-state index in [0.717, 1.165) is 21.3 Å². The van der Waals surface area contributed by atoms with Crippen molar-refractivity contribution in [1.82, 2.24) is 0 Å². The lowest BCUT2D eigenvalue weighted by molar-refractivity contribution is -0.122. The second-order valence-electron chi connectivity index (χ2n) is 4.89. The summed E-state index contributed by atoms with van der Waals surface area (Å²) in [7, 11) is 0. The number of halogens is 2. The van der Waals surface area contributed by atoms with Gasteiger partial charge in [-0.15, -0.1) is 11.6 Å². The van der Waals surface area contributed by atoms with Crippen LogP contribution in [0.4, 0.5) is 5.69 Å². The van der Waals surface area contributed by atoms with Crippen LogP contribution < -0.4 is 5.32 Å². The Morgan fingerprint density at radius 2 is 1.82 bits per heavy atom. The lowest BCUT2D eigenvalue weighted by Gasteiger charge is -2.22. The molecule has 0 aliphatic heterocycles. The van der Waals surface area contributed by atoms with Crippen molar-refractivity contribution in [2.45, 2.75) is 27.7 Å².